The maximum Gasteiger partial charge on any atom is 4.00 e. The van der Waals surface area contributed by atoms with Crippen LogP contribution in [0.2, 0.25) is 0 Å². The van der Waals surface area contributed by atoms with Gasteiger partial charge in [-0.2, -0.15) is 0 Å². The summed E-state index contributed by atoms with van der Waals surface area (Å²) in [6.07, 6.45) is 0. The van der Waals surface area contributed by atoms with Crippen molar-refractivity contribution in [2.24, 2.45) is 0 Å². The zero-order chi connectivity index (χ0) is 0. The van der Waals surface area contributed by atoms with Crippen LogP contribution in [-0.4, -0.2) is 0 Å². The average Bonchev–Trinajstić information content (AvgIpc) is 0. The molecule has 2 nitrogen and oxygen atoms in total. The van der Waals surface area contributed by atoms with Gasteiger partial charge in [0, 0.05) is 21.7 Å². The van der Waals surface area contributed by atoms with Crippen molar-refractivity contribution in [3.05, 3.63) is 0 Å². The molecule has 0 aliphatic rings. The van der Waals surface area contributed by atoms with Crippen LogP contribution in [0.1, 0.15) is 0 Å². The molecule has 0 aliphatic carbocycles. The summed E-state index contributed by atoms with van der Waals surface area (Å²) in [5.74, 6) is 0. The maximum absolute atomic E-state index is 0. The SMILES string of the molecule is [Ir+4].[O-2].[O-2].[Ti]. The largest absolute Gasteiger partial charge is 4.00 e. The van der Waals surface area contributed by atoms with E-state index < -0.39 is 0 Å². The van der Waals surface area contributed by atoms with Crippen LogP contribution in [0.4, 0.5) is 0 Å². The smallest absolute Gasteiger partial charge is 2.00 e. The normalized spacial score (nSPS) is 0. The molecule has 0 heterocycles. The Bertz CT molecular complexity index is 6.00. The number of hydrogen-bond donors (Lipinski definition) is 0. The molecule has 0 aromatic carbocycles. The average molecular weight is 272 g/mol. The van der Waals surface area contributed by atoms with Gasteiger partial charge in [0.05, 0.1) is 0 Å². The molecule has 0 atom stereocenters. The molecule has 1 radical (unpaired) electrons. The van der Waals surface area contributed by atoms with Crippen molar-refractivity contribution in [3.63, 3.8) is 0 Å². The molecule has 0 spiro atoms. The van der Waals surface area contributed by atoms with Gasteiger partial charge in [0.15, 0.2) is 0 Å². The van der Waals surface area contributed by atoms with Crippen molar-refractivity contribution < 1.29 is 52.8 Å². The van der Waals surface area contributed by atoms with E-state index in [0.29, 0.717) is 0 Å². The molecule has 0 saturated heterocycles. The maximum atomic E-state index is 0. The molecule has 0 unspecified atom stereocenters. The second-order valence-corrected chi connectivity index (χ2v) is 0. The Kier molecular flexibility index (Phi) is 412. The molecule has 0 amide bonds. The Morgan fingerprint density at radius 3 is 0.750 bits per heavy atom. The minimum Gasteiger partial charge on any atom is -2.00 e. The molecule has 0 aromatic heterocycles. The molecule has 0 bridgehead atoms. The summed E-state index contributed by atoms with van der Waals surface area (Å²) in [5, 5.41) is 0. The summed E-state index contributed by atoms with van der Waals surface area (Å²) in [4.78, 5) is 0. The van der Waals surface area contributed by atoms with E-state index >= 15 is 0 Å². The van der Waals surface area contributed by atoms with E-state index in [0.717, 1.165) is 0 Å². The Morgan fingerprint density at radius 1 is 0.750 bits per heavy atom. The predicted molar refractivity (Wildman–Crippen MR) is 1.37 cm³/mol. The van der Waals surface area contributed by atoms with Gasteiger partial charge in [0.25, 0.3) is 0 Å². The fraction of sp³-hybridized carbons (Fsp3) is 0. The Labute approximate surface area is 52.8 Å². The zero-order valence-electron chi connectivity index (χ0n) is 1.65. The van der Waals surface area contributed by atoms with Crippen LogP contribution in [0.5, 0.6) is 0 Å². The van der Waals surface area contributed by atoms with Crippen LogP contribution in [-0.2, 0) is 52.8 Å². The van der Waals surface area contributed by atoms with Crippen molar-refractivity contribution in [1.82, 2.24) is 0 Å². The van der Waals surface area contributed by atoms with Crippen LogP contribution < -0.4 is 0 Å². The van der Waals surface area contributed by atoms with Gasteiger partial charge >= 0.3 is 20.1 Å². The van der Waals surface area contributed by atoms with Gasteiger partial charge in [-0.1, -0.05) is 0 Å². The second kappa shape index (κ2) is 28.0. The third kappa shape index (κ3) is 10.4. The fourth-order valence-electron chi connectivity index (χ4n) is 0. The van der Waals surface area contributed by atoms with E-state index in [4.69, 9.17) is 0 Å². The first-order chi connectivity index (χ1) is 0. The summed E-state index contributed by atoms with van der Waals surface area (Å²) in [5.41, 5.74) is 0. The molecular weight excluding hydrogens is 272 g/mol. The molecule has 0 N–H and O–H groups in total. The van der Waals surface area contributed by atoms with Crippen LogP contribution in [0.25, 0.3) is 0 Å². The quantitative estimate of drug-likeness (QED) is 0.546. The Hall–Kier alpha value is 1.28. The predicted octanol–water partition coefficient (Wildman–Crippen LogP) is -0.243. The summed E-state index contributed by atoms with van der Waals surface area (Å²) in [7, 11) is 0. The van der Waals surface area contributed by atoms with Crippen molar-refractivity contribution in [2.45, 2.75) is 0 Å². The van der Waals surface area contributed by atoms with Gasteiger partial charge in [-0.25, -0.2) is 0 Å². The Balaban J connectivity index is 0. The third-order valence-corrected chi connectivity index (χ3v) is 0. The molecule has 25 valence electrons. The van der Waals surface area contributed by atoms with E-state index in [9.17, 15) is 0 Å². The van der Waals surface area contributed by atoms with Gasteiger partial charge < -0.3 is 11.0 Å². The van der Waals surface area contributed by atoms with Gasteiger partial charge in [-0.15, -0.1) is 0 Å². The van der Waals surface area contributed by atoms with Crippen molar-refractivity contribution in [3.8, 4) is 0 Å². The first-order valence-electron chi connectivity index (χ1n) is 0. The first kappa shape index (κ1) is 58.8. The molecule has 0 fully saturated rings. The first-order valence-corrected chi connectivity index (χ1v) is 0. The van der Waals surface area contributed by atoms with Gasteiger partial charge in [0.2, 0.25) is 0 Å². The molecule has 0 aromatic rings. The van der Waals surface area contributed by atoms with E-state index in [1.807, 2.05) is 0 Å². The molecule has 0 rings (SSSR count). The molecular formula is IrO2Ti. The standard InChI is InChI=1S/Ir.2O.Ti/q+4;2*-2;. The van der Waals surface area contributed by atoms with Crippen molar-refractivity contribution in [1.29, 1.82) is 0 Å². The van der Waals surface area contributed by atoms with Crippen LogP contribution in [0, 0.1) is 0 Å². The summed E-state index contributed by atoms with van der Waals surface area (Å²) >= 11 is 0. The van der Waals surface area contributed by atoms with Gasteiger partial charge in [0.1, 0.15) is 0 Å². The number of rotatable bonds is 0. The van der Waals surface area contributed by atoms with Gasteiger partial charge in [-0.05, 0) is 0 Å². The van der Waals surface area contributed by atoms with E-state index in [1.165, 1.54) is 0 Å². The van der Waals surface area contributed by atoms with Crippen LogP contribution in [0.15, 0.2) is 0 Å². The minimum absolute atomic E-state index is 0. The van der Waals surface area contributed by atoms with Crippen molar-refractivity contribution in [2.75, 3.05) is 0 Å². The molecule has 4 heavy (non-hydrogen) atoms. The summed E-state index contributed by atoms with van der Waals surface area (Å²) in [6.45, 7) is 0. The van der Waals surface area contributed by atoms with E-state index in [2.05, 4.69) is 0 Å². The monoisotopic (exact) mass is 273 g/mol. The van der Waals surface area contributed by atoms with E-state index in [-0.39, 0.29) is 52.8 Å². The summed E-state index contributed by atoms with van der Waals surface area (Å²) < 4.78 is 0. The molecule has 0 saturated carbocycles. The minimum atomic E-state index is 0. The van der Waals surface area contributed by atoms with Gasteiger partial charge in [-0.3, -0.25) is 0 Å². The fourth-order valence-corrected chi connectivity index (χ4v) is 0. The van der Waals surface area contributed by atoms with Crippen LogP contribution in [0.3, 0.4) is 0 Å². The van der Waals surface area contributed by atoms with E-state index in [1.54, 1.807) is 0 Å². The molecule has 4 heteroatoms. The Morgan fingerprint density at radius 2 is 0.750 bits per heavy atom. The second-order valence-electron chi connectivity index (χ2n) is 0. The zero-order valence-corrected chi connectivity index (χ0v) is 5.61. The molecule has 0 aliphatic heterocycles. The van der Waals surface area contributed by atoms with Crippen LogP contribution >= 0.6 is 0 Å². The summed E-state index contributed by atoms with van der Waals surface area (Å²) in [6, 6.07) is 0. The number of hydrogen-bond acceptors (Lipinski definition) is 0. The van der Waals surface area contributed by atoms with Crippen molar-refractivity contribution >= 4 is 0 Å². The third-order valence-electron chi connectivity index (χ3n) is 0. The topological polar surface area (TPSA) is 57.0 Å².